The van der Waals surface area contributed by atoms with E-state index >= 15 is 0 Å². The lowest BCUT2D eigenvalue weighted by molar-refractivity contribution is -0.146. The van der Waals surface area contributed by atoms with E-state index in [9.17, 15) is 10.0 Å². The number of esters is 1. The van der Waals surface area contributed by atoms with Crippen LogP contribution in [0.2, 0.25) is 0 Å². The van der Waals surface area contributed by atoms with E-state index in [-0.39, 0.29) is 5.97 Å². The van der Waals surface area contributed by atoms with Gasteiger partial charge in [-0.1, -0.05) is 12.1 Å². The Labute approximate surface area is 101 Å². The molecule has 92 valence electrons. The van der Waals surface area contributed by atoms with Crippen LogP contribution in [0.5, 0.6) is 0 Å². The summed E-state index contributed by atoms with van der Waals surface area (Å²) in [6.45, 7) is 2.23. The highest BCUT2D eigenvalue weighted by Crippen LogP contribution is 2.49. The van der Waals surface area contributed by atoms with E-state index in [1.54, 1.807) is 19.2 Å². The average molecular weight is 235 g/mol. The van der Waals surface area contributed by atoms with Gasteiger partial charge < -0.3 is 4.74 Å². The van der Waals surface area contributed by atoms with E-state index in [0.29, 0.717) is 12.3 Å². The highest BCUT2D eigenvalue weighted by Gasteiger charge is 2.52. The summed E-state index contributed by atoms with van der Waals surface area (Å²) in [6, 6.07) is 7.36. The van der Waals surface area contributed by atoms with Gasteiger partial charge in [0.15, 0.2) is 0 Å². The van der Waals surface area contributed by atoms with Gasteiger partial charge in [-0.3, -0.25) is 15.1 Å². The van der Waals surface area contributed by atoms with E-state index in [1.165, 1.54) is 0 Å². The Balaban J connectivity index is 2.20. The normalized spacial score (nSPS) is 16.4. The van der Waals surface area contributed by atoms with Crippen LogP contribution in [0.25, 0.3) is 0 Å². The number of hydrogen-bond acceptors (Lipinski definition) is 4. The zero-order valence-electron chi connectivity index (χ0n) is 10.1. The van der Waals surface area contributed by atoms with Crippen LogP contribution in [0.1, 0.15) is 25.3 Å². The number of hydroxylamine groups is 1. The molecule has 1 aromatic carbocycles. The zero-order chi connectivity index (χ0) is 12.5. The molecule has 2 rings (SSSR count). The van der Waals surface area contributed by atoms with Crippen LogP contribution in [0.3, 0.4) is 0 Å². The molecule has 0 amide bonds. The van der Waals surface area contributed by atoms with Crippen molar-refractivity contribution in [1.29, 1.82) is 0 Å². The summed E-state index contributed by atoms with van der Waals surface area (Å²) in [5, 5.41) is 10.3. The molecule has 1 aliphatic rings. The van der Waals surface area contributed by atoms with Gasteiger partial charge in [-0.25, -0.2) is 0 Å². The molecule has 1 fully saturated rings. The largest absolute Gasteiger partial charge is 0.465 e. The topological polar surface area (TPSA) is 49.8 Å². The van der Waals surface area contributed by atoms with E-state index < -0.39 is 5.41 Å². The van der Waals surface area contributed by atoms with Gasteiger partial charge in [0.1, 0.15) is 0 Å². The van der Waals surface area contributed by atoms with Crippen molar-refractivity contribution in [3.05, 3.63) is 29.8 Å². The van der Waals surface area contributed by atoms with Crippen LogP contribution in [0.15, 0.2) is 24.3 Å². The first kappa shape index (κ1) is 11.9. The fourth-order valence-electron chi connectivity index (χ4n) is 2.00. The quantitative estimate of drug-likeness (QED) is 0.641. The second kappa shape index (κ2) is 4.37. The van der Waals surface area contributed by atoms with E-state index in [2.05, 4.69) is 0 Å². The molecular formula is C13H17NO3. The maximum Gasteiger partial charge on any atom is 0.316 e. The lowest BCUT2D eigenvalue weighted by Crippen LogP contribution is -2.23. The monoisotopic (exact) mass is 235 g/mol. The van der Waals surface area contributed by atoms with Gasteiger partial charge in [-0.2, -0.15) is 0 Å². The minimum atomic E-state index is -0.428. The molecule has 0 radical (unpaired) electrons. The minimum absolute atomic E-state index is 0.134. The van der Waals surface area contributed by atoms with Crippen molar-refractivity contribution < 1.29 is 14.7 Å². The fraction of sp³-hybridized carbons (Fsp3) is 0.462. The zero-order valence-corrected chi connectivity index (χ0v) is 10.1. The molecule has 0 unspecified atom stereocenters. The summed E-state index contributed by atoms with van der Waals surface area (Å²) in [6.07, 6.45) is 1.69. The highest BCUT2D eigenvalue weighted by molar-refractivity contribution is 5.86. The minimum Gasteiger partial charge on any atom is -0.465 e. The van der Waals surface area contributed by atoms with Gasteiger partial charge >= 0.3 is 5.97 Å². The van der Waals surface area contributed by atoms with Crippen molar-refractivity contribution >= 4 is 11.7 Å². The Morgan fingerprint density at radius 3 is 2.41 bits per heavy atom. The predicted octanol–water partition coefficient (Wildman–Crippen LogP) is 2.11. The Morgan fingerprint density at radius 2 is 2.00 bits per heavy atom. The highest BCUT2D eigenvalue weighted by atomic mass is 16.5. The number of benzene rings is 1. The first-order valence-electron chi connectivity index (χ1n) is 5.80. The maximum absolute atomic E-state index is 11.9. The van der Waals surface area contributed by atoms with Crippen molar-refractivity contribution in [2.24, 2.45) is 0 Å². The van der Waals surface area contributed by atoms with Crippen molar-refractivity contribution in [1.82, 2.24) is 0 Å². The molecule has 0 bridgehead atoms. The molecule has 0 heterocycles. The van der Waals surface area contributed by atoms with E-state index in [0.717, 1.165) is 23.5 Å². The number of ether oxygens (including phenoxy) is 1. The second-order valence-corrected chi connectivity index (χ2v) is 4.37. The molecule has 1 N–H and O–H groups in total. The third-order valence-electron chi connectivity index (χ3n) is 3.21. The third-order valence-corrected chi connectivity index (χ3v) is 3.21. The summed E-state index contributed by atoms with van der Waals surface area (Å²) < 4.78 is 5.10. The maximum atomic E-state index is 11.9. The predicted molar refractivity (Wildman–Crippen MR) is 64.2 cm³/mol. The first-order chi connectivity index (χ1) is 8.10. The van der Waals surface area contributed by atoms with E-state index in [4.69, 9.17) is 4.74 Å². The Kier molecular flexibility index (Phi) is 3.07. The van der Waals surface area contributed by atoms with Crippen LogP contribution in [-0.4, -0.2) is 24.8 Å². The van der Waals surface area contributed by atoms with Gasteiger partial charge in [-0.15, -0.1) is 0 Å². The molecule has 4 heteroatoms. The number of nitrogens with zero attached hydrogens (tertiary/aromatic N) is 1. The Bertz CT molecular complexity index is 407. The van der Waals surface area contributed by atoms with Crippen molar-refractivity contribution in [2.45, 2.75) is 25.2 Å². The van der Waals surface area contributed by atoms with Gasteiger partial charge in [0, 0.05) is 7.05 Å². The number of hydrogen-bond donors (Lipinski definition) is 1. The molecule has 1 aromatic rings. The van der Waals surface area contributed by atoms with Crippen molar-refractivity contribution in [2.75, 3.05) is 18.7 Å². The number of rotatable bonds is 4. The molecule has 0 atom stereocenters. The number of carbonyl (C=O) groups is 1. The van der Waals surface area contributed by atoms with Gasteiger partial charge in [0.05, 0.1) is 17.7 Å². The molecule has 0 spiro atoms. The summed E-state index contributed by atoms with van der Waals surface area (Å²) >= 11 is 0. The first-order valence-corrected chi connectivity index (χ1v) is 5.80. The molecule has 1 saturated carbocycles. The van der Waals surface area contributed by atoms with E-state index in [1.807, 2.05) is 19.1 Å². The Morgan fingerprint density at radius 1 is 1.41 bits per heavy atom. The van der Waals surface area contributed by atoms with Crippen molar-refractivity contribution in [3.8, 4) is 0 Å². The van der Waals surface area contributed by atoms with Crippen LogP contribution in [0, 0.1) is 0 Å². The molecule has 4 nitrogen and oxygen atoms in total. The molecule has 1 aliphatic carbocycles. The van der Waals surface area contributed by atoms with Gasteiger partial charge in [0.2, 0.25) is 0 Å². The average Bonchev–Trinajstić information content (AvgIpc) is 3.11. The smallest absolute Gasteiger partial charge is 0.316 e. The van der Waals surface area contributed by atoms with Crippen molar-refractivity contribution in [3.63, 3.8) is 0 Å². The number of anilines is 1. The SMILES string of the molecule is CCOC(=O)C1(c2ccc(N(C)O)cc2)CC1. The van der Waals surface area contributed by atoms with Gasteiger partial charge in [0.25, 0.3) is 0 Å². The standard InChI is InChI=1S/C13H17NO3/c1-3-17-12(15)13(8-9-13)10-4-6-11(7-5-10)14(2)16/h4-7,16H,3,8-9H2,1-2H3. The second-order valence-electron chi connectivity index (χ2n) is 4.37. The van der Waals surface area contributed by atoms with Crippen LogP contribution in [-0.2, 0) is 14.9 Å². The van der Waals surface area contributed by atoms with Crippen LogP contribution in [0.4, 0.5) is 5.69 Å². The molecular weight excluding hydrogens is 218 g/mol. The lowest BCUT2D eigenvalue weighted by atomic mass is 9.96. The van der Waals surface area contributed by atoms with Gasteiger partial charge in [-0.05, 0) is 37.5 Å². The summed E-state index contributed by atoms with van der Waals surface area (Å²) in [5.41, 5.74) is 1.25. The third kappa shape index (κ3) is 2.13. The summed E-state index contributed by atoms with van der Waals surface area (Å²) in [7, 11) is 1.56. The fourth-order valence-corrected chi connectivity index (χ4v) is 2.00. The summed E-state index contributed by atoms with van der Waals surface area (Å²) in [5.74, 6) is -0.134. The number of carbonyl (C=O) groups excluding carboxylic acids is 1. The summed E-state index contributed by atoms with van der Waals surface area (Å²) in [4.78, 5) is 11.9. The molecule has 0 saturated heterocycles. The molecule has 0 aliphatic heterocycles. The molecule has 17 heavy (non-hydrogen) atoms. The van der Waals surface area contributed by atoms with Crippen LogP contribution >= 0.6 is 0 Å². The van der Waals surface area contributed by atoms with Crippen LogP contribution < -0.4 is 5.06 Å². The lowest BCUT2D eigenvalue weighted by Gasteiger charge is -2.16. The Hall–Kier alpha value is -1.55. The molecule has 0 aromatic heterocycles.